The summed E-state index contributed by atoms with van der Waals surface area (Å²) in [5.41, 5.74) is 1.03. The van der Waals surface area contributed by atoms with Gasteiger partial charge in [0.15, 0.2) is 0 Å². The molecule has 1 aromatic rings. The zero-order chi connectivity index (χ0) is 18.2. The summed E-state index contributed by atoms with van der Waals surface area (Å²) in [4.78, 5) is 26.6. The van der Waals surface area contributed by atoms with Crippen LogP contribution in [0.1, 0.15) is 50.5 Å². The van der Waals surface area contributed by atoms with E-state index < -0.39 is 0 Å². The van der Waals surface area contributed by atoms with Crippen molar-refractivity contribution < 1.29 is 9.59 Å². The molecule has 4 nitrogen and oxygen atoms in total. The predicted octanol–water partition coefficient (Wildman–Crippen LogP) is 3.63. The van der Waals surface area contributed by atoms with Crippen molar-refractivity contribution in [2.45, 2.75) is 44.9 Å². The molecule has 0 bridgehead atoms. The van der Waals surface area contributed by atoms with Gasteiger partial charge in [0.1, 0.15) is 0 Å². The third-order valence-corrected chi connectivity index (χ3v) is 5.69. The molecular formula is C22H30N2O2. The summed E-state index contributed by atoms with van der Waals surface area (Å²) in [7, 11) is 0. The lowest BCUT2D eigenvalue weighted by Crippen LogP contribution is -2.43. The van der Waals surface area contributed by atoms with Crippen LogP contribution < -0.4 is 5.32 Å². The van der Waals surface area contributed by atoms with Gasteiger partial charge in [0.2, 0.25) is 11.8 Å². The minimum atomic E-state index is 0.0370. The normalized spacial score (nSPS) is 19.6. The van der Waals surface area contributed by atoms with Crippen molar-refractivity contribution in [3.8, 4) is 0 Å². The number of likely N-dealkylation sites (tertiary alicyclic amines) is 1. The summed E-state index contributed by atoms with van der Waals surface area (Å²) >= 11 is 0. The van der Waals surface area contributed by atoms with Gasteiger partial charge in [0.25, 0.3) is 0 Å². The second-order valence-electron chi connectivity index (χ2n) is 7.59. The summed E-state index contributed by atoms with van der Waals surface area (Å²) in [6, 6.07) is 9.84. The van der Waals surface area contributed by atoms with Crippen LogP contribution in [0.4, 0.5) is 0 Å². The molecule has 0 unspecified atom stereocenters. The lowest BCUT2D eigenvalue weighted by molar-refractivity contribution is -0.132. The number of hydrogen-bond acceptors (Lipinski definition) is 2. The summed E-state index contributed by atoms with van der Waals surface area (Å²) < 4.78 is 0. The average molecular weight is 354 g/mol. The molecule has 0 atom stereocenters. The molecule has 1 aromatic carbocycles. The molecule has 4 heteroatoms. The van der Waals surface area contributed by atoms with E-state index in [0.717, 1.165) is 24.9 Å². The fraction of sp³-hybridized carbons (Fsp3) is 0.545. The third-order valence-electron chi connectivity index (χ3n) is 5.69. The number of carbonyl (C=O) groups is 2. The molecule has 0 aromatic heterocycles. The van der Waals surface area contributed by atoms with Crippen molar-refractivity contribution in [3.63, 3.8) is 0 Å². The lowest BCUT2D eigenvalue weighted by Gasteiger charge is -2.31. The maximum absolute atomic E-state index is 12.4. The van der Waals surface area contributed by atoms with E-state index in [0.29, 0.717) is 19.0 Å². The van der Waals surface area contributed by atoms with Gasteiger partial charge >= 0.3 is 0 Å². The van der Waals surface area contributed by atoms with Crippen LogP contribution in [0.3, 0.4) is 0 Å². The van der Waals surface area contributed by atoms with Crippen LogP contribution in [0.25, 0.3) is 6.08 Å². The van der Waals surface area contributed by atoms with Gasteiger partial charge in [-0.3, -0.25) is 9.59 Å². The van der Waals surface area contributed by atoms with Crippen molar-refractivity contribution >= 4 is 17.9 Å². The number of amides is 2. The molecule has 1 aliphatic carbocycles. The van der Waals surface area contributed by atoms with Crippen LogP contribution >= 0.6 is 0 Å². The Morgan fingerprint density at radius 1 is 1.00 bits per heavy atom. The Bertz CT molecular complexity index is 612. The number of nitrogens with one attached hydrogen (secondary N) is 1. The predicted molar refractivity (Wildman–Crippen MR) is 104 cm³/mol. The molecule has 0 radical (unpaired) electrons. The zero-order valence-electron chi connectivity index (χ0n) is 15.5. The van der Waals surface area contributed by atoms with Crippen LogP contribution in [-0.2, 0) is 9.59 Å². The quantitative estimate of drug-likeness (QED) is 0.821. The fourth-order valence-corrected chi connectivity index (χ4v) is 3.98. The Morgan fingerprint density at radius 3 is 2.38 bits per heavy atom. The van der Waals surface area contributed by atoms with Crippen molar-refractivity contribution in [1.82, 2.24) is 10.2 Å². The number of carbonyl (C=O) groups excluding carboxylic acids is 2. The number of piperidine rings is 1. The maximum Gasteiger partial charge on any atom is 0.246 e. The molecule has 1 aliphatic heterocycles. The van der Waals surface area contributed by atoms with E-state index in [-0.39, 0.29) is 17.7 Å². The topological polar surface area (TPSA) is 49.4 Å². The van der Waals surface area contributed by atoms with E-state index in [9.17, 15) is 9.59 Å². The van der Waals surface area contributed by atoms with Gasteiger partial charge in [-0.25, -0.2) is 0 Å². The SMILES string of the molecule is O=C(NCC1CCCCC1)C1CCN(C(=O)/C=C/c2ccccc2)CC1. The Hall–Kier alpha value is -2.10. The van der Waals surface area contributed by atoms with E-state index in [4.69, 9.17) is 0 Å². The van der Waals surface area contributed by atoms with Gasteiger partial charge in [0.05, 0.1) is 0 Å². The molecule has 2 fully saturated rings. The summed E-state index contributed by atoms with van der Waals surface area (Å²) in [6.07, 6.45) is 11.5. The number of benzene rings is 1. The van der Waals surface area contributed by atoms with Crippen LogP contribution in [-0.4, -0.2) is 36.3 Å². The highest BCUT2D eigenvalue weighted by Crippen LogP contribution is 2.23. The van der Waals surface area contributed by atoms with Crippen LogP contribution in [0.2, 0.25) is 0 Å². The fourth-order valence-electron chi connectivity index (χ4n) is 3.98. The number of rotatable bonds is 5. The van der Waals surface area contributed by atoms with E-state index in [1.807, 2.05) is 41.3 Å². The van der Waals surface area contributed by atoms with Crippen molar-refractivity contribution in [3.05, 3.63) is 42.0 Å². The third kappa shape index (κ3) is 5.45. The average Bonchev–Trinajstić information content (AvgIpc) is 2.72. The second-order valence-corrected chi connectivity index (χ2v) is 7.59. The van der Waals surface area contributed by atoms with Crippen molar-refractivity contribution in [2.24, 2.45) is 11.8 Å². The van der Waals surface area contributed by atoms with Crippen LogP contribution in [0.15, 0.2) is 36.4 Å². The van der Waals surface area contributed by atoms with E-state index in [1.54, 1.807) is 6.08 Å². The highest BCUT2D eigenvalue weighted by molar-refractivity contribution is 5.92. The second kappa shape index (κ2) is 9.56. The minimum absolute atomic E-state index is 0.0370. The smallest absolute Gasteiger partial charge is 0.246 e. The molecule has 2 amide bonds. The van der Waals surface area contributed by atoms with Crippen molar-refractivity contribution in [1.29, 1.82) is 0 Å². The first-order valence-electron chi connectivity index (χ1n) is 10.0. The molecule has 3 rings (SSSR count). The zero-order valence-corrected chi connectivity index (χ0v) is 15.5. The summed E-state index contributed by atoms with van der Waals surface area (Å²) in [5.74, 6) is 0.940. The molecule has 26 heavy (non-hydrogen) atoms. The molecule has 1 saturated carbocycles. The van der Waals surface area contributed by atoms with E-state index >= 15 is 0 Å². The standard InChI is InChI=1S/C22H30N2O2/c25-21(12-11-18-7-3-1-4-8-18)24-15-13-20(14-16-24)22(26)23-17-19-9-5-2-6-10-19/h1,3-4,7-8,11-12,19-20H,2,5-6,9-10,13-17H2,(H,23,26)/b12-11+. The van der Waals surface area contributed by atoms with Gasteiger partial charge < -0.3 is 10.2 Å². The van der Waals surface area contributed by atoms with E-state index in [1.165, 1.54) is 32.1 Å². The highest BCUT2D eigenvalue weighted by atomic mass is 16.2. The van der Waals surface area contributed by atoms with Crippen molar-refractivity contribution in [2.75, 3.05) is 19.6 Å². The number of nitrogens with zero attached hydrogens (tertiary/aromatic N) is 1. The van der Waals surface area contributed by atoms with Gasteiger partial charge in [-0.15, -0.1) is 0 Å². The summed E-state index contributed by atoms with van der Waals surface area (Å²) in [5, 5.41) is 3.16. The molecule has 2 aliphatic rings. The highest BCUT2D eigenvalue weighted by Gasteiger charge is 2.27. The monoisotopic (exact) mass is 354 g/mol. The Labute approximate surface area is 156 Å². The van der Waals surface area contributed by atoms with Gasteiger partial charge in [-0.1, -0.05) is 49.6 Å². The molecule has 0 spiro atoms. The molecule has 140 valence electrons. The Morgan fingerprint density at radius 2 is 1.69 bits per heavy atom. The van der Waals surface area contributed by atoms with Crippen LogP contribution in [0, 0.1) is 11.8 Å². The molecule has 1 saturated heterocycles. The van der Waals surface area contributed by atoms with Gasteiger partial charge in [0, 0.05) is 31.6 Å². The van der Waals surface area contributed by atoms with Gasteiger partial charge in [-0.2, -0.15) is 0 Å². The largest absolute Gasteiger partial charge is 0.356 e. The molecule has 1 N–H and O–H groups in total. The Balaban J connectivity index is 1.39. The number of hydrogen-bond donors (Lipinski definition) is 1. The first-order chi connectivity index (χ1) is 12.7. The lowest BCUT2D eigenvalue weighted by atomic mass is 9.89. The molecular weight excluding hydrogens is 324 g/mol. The molecule has 1 heterocycles. The maximum atomic E-state index is 12.4. The minimum Gasteiger partial charge on any atom is -0.356 e. The first kappa shape index (κ1) is 18.7. The van der Waals surface area contributed by atoms with Crippen LogP contribution in [0.5, 0.6) is 0 Å². The van der Waals surface area contributed by atoms with E-state index in [2.05, 4.69) is 5.32 Å². The first-order valence-corrected chi connectivity index (χ1v) is 10.0. The Kier molecular flexibility index (Phi) is 6.87. The summed E-state index contributed by atoms with van der Waals surface area (Å²) in [6.45, 7) is 2.16. The van der Waals surface area contributed by atoms with Gasteiger partial charge in [-0.05, 0) is 43.2 Å².